The van der Waals surface area contributed by atoms with Gasteiger partial charge in [0.05, 0.1) is 13.5 Å². The van der Waals surface area contributed by atoms with Crippen LogP contribution in [0.5, 0.6) is 5.75 Å². The molecule has 0 bridgehead atoms. The quantitative estimate of drug-likeness (QED) is 0.644. The molecular formula is C26H25NO4. The number of carboxylic acid groups (broad SMARTS) is 1. The van der Waals surface area contributed by atoms with Gasteiger partial charge in [-0.3, -0.25) is 9.59 Å². The maximum Gasteiger partial charge on any atom is 0.304 e. The second-order valence-corrected chi connectivity index (χ2v) is 7.75. The summed E-state index contributed by atoms with van der Waals surface area (Å²) in [4.78, 5) is 26.5. The number of hydrogen-bond acceptors (Lipinski definition) is 3. The van der Waals surface area contributed by atoms with Crippen molar-refractivity contribution in [3.63, 3.8) is 0 Å². The lowest BCUT2D eigenvalue weighted by Crippen LogP contribution is -2.36. The molecule has 1 unspecified atom stereocenters. The first-order chi connectivity index (χ1) is 15.1. The van der Waals surface area contributed by atoms with Gasteiger partial charge in [0.1, 0.15) is 5.75 Å². The van der Waals surface area contributed by atoms with Crippen LogP contribution in [-0.4, -0.2) is 35.5 Å². The van der Waals surface area contributed by atoms with E-state index < -0.39 is 5.97 Å². The minimum Gasteiger partial charge on any atom is -0.497 e. The number of fused-ring (bicyclic) bond motifs is 1. The van der Waals surface area contributed by atoms with E-state index in [-0.39, 0.29) is 18.2 Å². The molecule has 3 aromatic rings. The summed E-state index contributed by atoms with van der Waals surface area (Å²) in [5.74, 6) is -0.324. The van der Waals surface area contributed by atoms with Gasteiger partial charge in [0.25, 0.3) is 5.91 Å². The molecule has 1 aliphatic rings. The van der Waals surface area contributed by atoms with E-state index in [0.717, 1.165) is 28.0 Å². The lowest BCUT2D eigenvalue weighted by atomic mass is 9.82. The molecule has 0 saturated heterocycles. The molecule has 1 N–H and O–H groups in total. The van der Waals surface area contributed by atoms with Crippen molar-refractivity contribution >= 4 is 11.9 Å². The fourth-order valence-corrected chi connectivity index (χ4v) is 4.32. The fourth-order valence-electron chi connectivity index (χ4n) is 4.32. The van der Waals surface area contributed by atoms with Gasteiger partial charge in [-0.2, -0.15) is 0 Å². The zero-order valence-corrected chi connectivity index (χ0v) is 17.5. The minimum absolute atomic E-state index is 0.0103. The average Bonchev–Trinajstić information content (AvgIpc) is 2.82. The lowest BCUT2D eigenvalue weighted by molar-refractivity contribution is -0.137. The van der Waals surface area contributed by atoms with E-state index in [4.69, 9.17) is 4.74 Å². The highest BCUT2D eigenvalue weighted by molar-refractivity contribution is 5.94. The number of nitrogens with zero attached hydrogens (tertiary/aromatic N) is 1. The summed E-state index contributed by atoms with van der Waals surface area (Å²) in [5, 5.41) is 9.53. The second kappa shape index (κ2) is 9.04. The number of methoxy groups -OCH3 is 1. The minimum atomic E-state index is -0.821. The van der Waals surface area contributed by atoms with Crippen molar-refractivity contribution in [3.8, 4) is 5.75 Å². The summed E-state index contributed by atoms with van der Waals surface area (Å²) >= 11 is 0. The van der Waals surface area contributed by atoms with Gasteiger partial charge >= 0.3 is 5.97 Å². The molecule has 1 aliphatic heterocycles. The van der Waals surface area contributed by atoms with Crippen molar-refractivity contribution in [1.29, 1.82) is 0 Å². The summed E-state index contributed by atoms with van der Waals surface area (Å²) in [6.07, 6.45) is 0.741. The highest BCUT2D eigenvalue weighted by Crippen LogP contribution is 2.34. The molecular weight excluding hydrogens is 390 g/mol. The summed E-state index contributed by atoms with van der Waals surface area (Å²) in [6, 6.07) is 23.0. The molecule has 1 heterocycles. The number of benzene rings is 3. The SMILES string of the molecule is COc1ccc(C(=O)N2CCc3c(cccc3C(CC(=O)O)c3ccccc3)C2)cc1. The summed E-state index contributed by atoms with van der Waals surface area (Å²) in [6.45, 7) is 1.12. The standard InChI is InChI=1S/C26H25NO4/c1-31-21-12-10-19(11-13-21)26(30)27-15-14-22-20(17-27)8-5-9-23(22)24(16-25(28)29)18-6-3-2-4-7-18/h2-13,24H,14-17H2,1H3,(H,28,29). The van der Waals surface area contributed by atoms with E-state index in [9.17, 15) is 14.7 Å². The van der Waals surface area contributed by atoms with E-state index >= 15 is 0 Å². The van der Waals surface area contributed by atoms with Crippen LogP contribution >= 0.6 is 0 Å². The van der Waals surface area contributed by atoms with Crippen molar-refractivity contribution in [2.24, 2.45) is 0 Å². The van der Waals surface area contributed by atoms with E-state index in [1.807, 2.05) is 53.4 Å². The predicted octanol–water partition coefficient (Wildman–Crippen LogP) is 4.50. The van der Waals surface area contributed by atoms with Gasteiger partial charge in [0.15, 0.2) is 0 Å². The van der Waals surface area contributed by atoms with Gasteiger partial charge in [-0.1, -0.05) is 48.5 Å². The maximum atomic E-state index is 13.0. The number of carbonyl (C=O) groups excluding carboxylic acids is 1. The Hall–Kier alpha value is -3.60. The highest BCUT2D eigenvalue weighted by Gasteiger charge is 2.27. The largest absolute Gasteiger partial charge is 0.497 e. The summed E-state index contributed by atoms with van der Waals surface area (Å²) in [7, 11) is 1.60. The van der Waals surface area contributed by atoms with Crippen LogP contribution in [0.4, 0.5) is 0 Å². The van der Waals surface area contributed by atoms with E-state index in [1.54, 1.807) is 31.4 Å². The Bertz CT molecular complexity index is 1080. The third-order valence-corrected chi connectivity index (χ3v) is 5.88. The van der Waals surface area contributed by atoms with Crippen LogP contribution in [0.1, 0.15) is 45.0 Å². The Balaban J connectivity index is 1.62. The number of carboxylic acids is 1. The number of hydrogen-bond donors (Lipinski definition) is 1. The van der Waals surface area contributed by atoms with Crippen LogP contribution in [0.3, 0.4) is 0 Å². The van der Waals surface area contributed by atoms with Gasteiger partial charge in [-0.25, -0.2) is 0 Å². The van der Waals surface area contributed by atoms with Gasteiger partial charge in [0, 0.05) is 24.6 Å². The Morgan fingerprint density at radius 3 is 2.42 bits per heavy atom. The fraction of sp³-hybridized carbons (Fsp3) is 0.231. The Labute approximate surface area is 181 Å². The number of rotatable bonds is 6. The number of carbonyl (C=O) groups is 2. The van der Waals surface area contributed by atoms with E-state index in [2.05, 4.69) is 0 Å². The third-order valence-electron chi connectivity index (χ3n) is 5.88. The molecule has 1 atom stereocenters. The summed E-state index contributed by atoms with van der Waals surface area (Å²) < 4.78 is 5.17. The first-order valence-electron chi connectivity index (χ1n) is 10.4. The monoisotopic (exact) mass is 415 g/mol. The predicted molar refractivity (Wildman–Crippen MR) is 118 cm³/mol. The molecule has 0 saturated carbocycles. The smallest absolute Gasteiger partial charge is 0.304 e. The number of ether oxygens (including phenoxy) is 1. The van der Waals surface area contributed by atoms with Crippen LogP contribution in [0.25, 0.3) is 0 Å². The molecule has 0 spiro atoms. The molecule has 0 fully saturated rings. The molecule has 158 valence electrons. The Kier molecular flexibility index (Phi) is 6.03. The first kappa shape index (κ1) is 20.7. The number of aliphatic carboxylic acids is 1. The third kappa shape index (κ3) is 4.45. The zero-order chi connectivity index (χ0) is 21.8. The van der Waals surface area contributed by atoms with Crippen LogP contribution in [-0.2, 0) is 17.8 Å². The van der Waals surface area contributed by atoms with Gasteiger partial charge in [-0.05, 0) is 52.9 Å². The molecule has 5 heteroatoms. The Morgan fingerprint density at radius 2 is 1.74 bits per heavy atom. The molecule has 4 rings (SSSR count). The molecule has 0 aromatic heterocycles. The second-order valence-electron chi connectivity index (χ2n) is 7.75. The molecule has 3 aromatic carbocycles. The van der Waals surface area contributed by atoms with Crippen LogP contribution in [0.2, 0.25) is 0 Å². The normalized spacial score (nSPS) is 13.9. The zero-order valence-electron chi connectivity index (χ0n) is 17.5. The van der Waals surface area contributed by atoms with Crippen molar-refractivity contribution in [3.05, 3.63) is 101 Å². The first-order valence-corrected chi connectivity index (χ1v) is 10.4. The van der Waals surface area contributed by atoms with Crippen LogP contribution < -0.4 is 4.74 Å². The average molecular weight is 415 g/mol. The van der Waals surface area contributed by atoms with Crippen LogP contribution in [0, 0.1) is 0 Å². The van der Waals surface area contributed by atoms with E-state index in [0.29, 0.717) is 25.1 Å². The van der Waals surface area contributed by atoms with Gasteiger partial charge in [-0.15, -0.1) is 0 Å². The molecule has 5 nitrogen and oxygen atoms in total. The van der Waals surface area contributed by atoms with Crippen LogP contribution in [0.15, 0.2) is 72.8 Å². The Morgan fingerprint density at radius 1 is 1.00 bits per heavy atom. The molecule has 0 radical (unpaired) electrons. The summed E-state index contributed by atoms with van der Waals surface area (Å²) in [5.41, 5.74) is 4.92. The maximum absolute atomic E-state index is 13.0. The van der Waals surface area contributed by atoms with Gasteiger partial charge in [0.2, 0.25) is 0 Å². The van der Waals surface area contributed by atoms with Crippen molar-refractivity contribution in [1.82, 2.24) is 4.90 Å². The highest BCUT2D eigenvalue weighted by atomic mass is 16.5. The molecule has 0 aliphatic carbocycles. The van der Waals surface area contributed by atoms with Crippen molar-refractivity contribution in [2.45, 2.75) is 25.3 Å². The van der Waals surface area contributed by atoms with Crippen molar-refractivity contribution in [2.75, 3.05) is 13.7 Å². The van der Waals surface area contributed by atoms with Gasteiger partial charge < -0.3 is 14.7 Å². The van der Waals surface area contributed by atoms with Crippen molar-refractivity contribution < 1.29 is 19.4 Å². The molecule has 31 heavy (non-hydrogen) atoms. The number of amides is 1. The lowest BCUT2D eigenvalue weighted by Gasteiger charge is -2.32. The molecule has 1 amide bonds. The topological polar surface area (TPSA) is 66.8 Å². The van der Waals surface area contributed by atoms with E-state index in [1.165, 1.54) is 0 Å².